The third-order valence-electron chi connectivity index (χ3n) is 4.91. The topological polar surface area (TPSA) is 29.5 Å². The normalized spacial score (nSPS) is 41.6. The Bertz CT molecular complexity index is 249. The van der Waals surface area contributed by atoms with E-state index < -0.39 is 0 Å². The fourth-order valence-corrected chi connectivity index (χ4v) is 3.45. The molecule has 2 fully saturated rings. The molecule has 0 amide bonds. The van der Waals surface area contributed by atoms with Gasteiger partial charge < -0.3 is 9.84 Å². The second-order valence-electron chi connectivity index (χ2n) is 6.71. The molecule has 2 aliphatic rings. The minimum Gasteiger partial charge on any atom is -0.390 e. The van der Waals surface area contributed by atoms with Gasteiger partial charge in [-0.3, -0.25) is 0 Å². The van der Waals surface area contributed by atoms with Crippen LogP contribution in [0, 0.1) is 11.3 Å². The van der Waals surface area contributed by atoms with E-state index in [4.69, 9.17) is 4.74 Å². The Hall–Kier alpha value is -0.0800. The van der Waals surface area contributed by atoms with Crippen LogP contribution in [0.4, 0.5) is 0 Å². The van der Waals surface area contributed by atoms with Gasteiger partial charge in [0.15, 0.2) is 0 Å². The van der Waals surface area contributed by atoms with E-state index in [-0.39, 0.29) is 17.6 Å². The van der Waals surface area contributed by atoms with E-state index in [1.165, 1.54) is 32.1 Å². The zero-order chi connectivity index (χ0) is 12.5. The quantitative estimate of drug-likeness (QED) is 0.818. The van der Waals surface area contributed by atoms with Gasteiger partial charge in [-0.05, 0) is 37.0 Å². The van der Waals surface area contributed by atoms with Gasteiger partial charge in [0.05, 0.1) is 18.3 Å². The van der Waals surface area contributed by atoms with Crippen molar-refractivity contribution in [2.24, 2.45) is 11.3 Å². The molecule has 2 heteroatoms. The molecule has 0 bridgehead atoms. The van der Waals surface area contributed by atoms with Crippen LogP contribution in [0.2, 0.25) is 0 Å². The molecule has 2 aliphatic carbocycles. The Kier molecular flexibility index (Phi) is 4.14. The summed E-state index contributed by atoms with van der Waals surface area (Å²) < 4.78 is 6.18. The van der Waals surface area contributed by atoms with E-state index in [1.807, 2.05) is 0 Å². The van der Waals surface area contributed by atoms with Gasteiger partial charge in [-0.15, -0.1) is 0 Å². The highest BCUT2D eigenvalue weighted by molar-refractivity contribution is 4.92. The second-order valence-corrected chi connectivity index (χ2v) is 6.71. The first-order valence-corrected chi connectivity index (χ1v) is 7.36. The summed E-state index contributed by atoms with van der Waals surface area (Å²) in [5.74, 6) is 0.848. The molecule has 0 aromatic heterocycles. The lowest BCUT2D eigenvalue weighted by molar-refractivity contribution is -0.0975. The minimum absolute atomic E-state index is 0.0451. The molecule has 2 nitrogen and oxygen atoms in total. The first kappa shape index (κ1) is 13.4. The van der Waals surface area contributed by atoms with Gasteiger partial charge in [-0.25, -0.2) is 0 Å². The lowest BCUT2D eigenvalue weighted by atomic mass is 9.85. The predicted molar refractivity (Wildman–Crippen MR) is 69.9 cm³/mol. The lowest BCUT2D eigenvalue weighted by Crippen LogP contribution is -2.36. The van der Waals surface area contributed by atoms with E-state index in [9.17, 15) is 5.11 Å². The van der Waals surface area contributed by atoms with Crippen LogP contribution in [0.5, 0.6) is 0 Å². The Balaban J connectivity index is 1.85. The maximum atomic E-state index is 10.2. The molecule has 0 aliphatic heterocycles. The van der Waals surface area contributed by atoms with Gasteiger partial charge >= 0.3 is 0 Å². The Morgan fingerprint density at radius 3 is 2.59 bits per heavy atom. The van der Waals surface area contributed by atoms with Crippen molar-refractivity contribution in [3.05, 3.63) is 0 Å². The highest BCUT2D eigenvalue weighted by atomic mass is 16.5. The van der Waals surface area contributed by atoms with Crippen molar-refractivity contribution < 1.29 is 9.84 Å². The van der Waals surface area contributed by atoms with E-state index in [1.54, 1.807) is 0 Å². The monoisotopic (exact) mass is 240 g/mol. The smallest absolute Gasteiger partial charge is 0.0852 e. The summed E-state index contributed by atoms with van der Waals surface area (Å²) in [4.78, 5) is 0. The largest absolute Gasteiger partial charge is 0.390 e. The summed E-state index contributed by atoms with van der Waals surface area (Å²) in [6.45, 7) is 6.58. The van der Waals surface area contributed by atoms with Crippen molar-refractivity contribution in [2.75, 3.05) is 0 Å². The van der Waals surface area contributed by atoms with Gasteiger partial charge in [0.1, 0.15) is 0 Å². The SMILES string of the molecule is CCC1CCCC(OC2CCC(C)(C)C2O)C1. The molecule has 0 aromatic rings. The minimum atomic E-state index is -0.274. The van der Waals surface area contributed by atoms with Crippen molar-refractivity contribution in [1.29, 1.82) is 0 Å². The Morgan fingerprint density at radius 1 is 1.24 bits per heavy atom. The third kappa shape index (κ3) is 3.03. The molecule has 2 saturated carbocycles. The van der Waals surface area contributed by atoms with E-state index in [0.29, 0.717) is 6.10 Å². The fourth-order valence-electron chi connectivity index (χ4n) is 3.45. The number of rotatable bonds is 3. The fraction of sp³-hybridized carbons (Fsp3) is 1.00. The van der Waals surface area contributed by atoms with Crippen molar-refractivity contribution in [3.63, 3.8) is 0 Å². The lowest BCUT2D eigenvalue weighted by Gasteiger charge is -2.33. The maximum Gasteiger partial charge on any atom is 0.0852 e. The molecular weight excluding hydrogens is 212 g/mol. The van der Waals surface area contributed by atoms with Crippen LogP contribution < -0.4 is 0 Å². The third-order valence-corrected chi connectivity index (χ3v) is 4.91. The first-order chi connectivity index (χ1) is 8.03. The van der Waals surface area contributed by atoms with Crippen molar-refractivity contribution in [1.82, 2.24) is 0 Å². The summed E-state index contributed by atoms with van der Waals surface area (Å²) in [6.07, 6.45) is 8.69. The van der Waals surface area contributed by atoms with Gasteiger partial charge in [0.25, 0.3) is 0 Å². The van der Waals surface area contributed by atoms with Crippen LogP contribution in [-0.2, 0) is 4.74 Å². The van der Waals surface area contributed by atoms with Crippen LogP contribution in [0.25, 0.3) is 0 Å². The van der Waals surface area contributed by atoms with Crippen molar-refractivity contribution >= 4 is 0 Å². The molecule has 0 aromatic carbocycles. The van der Waals surface area contributed by atoms with Crippen LogP contribution >= 0.6 is 0 Å². The molecule has 100 valence electrons. The number of hydrogen-bond donors (Lipinski definition) is 1. The predicted octanol–water partition coefficient (Wildman–Crippen LogP) is 3.52. The Morgan fingerprint density at radius 2 is 2.00 bits per heavy atom. The molecular formula is C15H28O2. The molecule has 4 atom stereocenters. The average molecular weight is 240 g/mol. The molecule has 17 heavy (non-hydrogen) atoms. The zero-order valence-electron chi connectivity index (χ0n) is 11.6. The summed E-state index contributed by atoms with van der Waals surface area (Å²) >= 11 is 0. The summed E-state index contributed by atoms with van der Waals surface area (Å²) in [5.41, 5.74) is 0.0451. The summed E-state index contributed by atoms with van der Waals surface area (Å²) in [5, 5.41) is 10.2. The highest BCUT2D eigenvalue weighted by Gasteiger charge is 2.42. The zero-order valence-corrected chi connectivity index (χ0v) is 11.6. The number of ether oxygens (including phenoxy) is 1. The van der Waals surface area contributed by atoms with Crippen molar-refractivity contribution in [3.8, 4) is 0 Å². The molecule has 0 radical (unpaired) electrons. The summed E-state index contributed by atoms with van der Waals surface area (Å²) in [7, 11) is 0. The van der Waals surface area contributed by atoms with E-state index in [0.717, 1.165) is 18.8 Å². The Labute approximate surface area is 106 Å². The van der Waals surface area contributed by atoms with Crippen molar-refractivity contribution in [2.45, 2.75) is 84.0 Å². The molecule has 1 N–H and O–H groups in total. The van der Waals surface area contributed by atoms with E-state index >= 15 is 0 Å². The number of aliphatic hydroxyl groups is 1. The van der Waals surface area contributed by atoms with Crippen LogP contribution in [0.1, 0.15) is 65.7 Å². The molecule has 2 rings (SSSR count). The summed E-state index contributed by atoms with van der Waals surface area (Å²) in [6, 6.07) is 0. The molecule has 0 spiro atoms. The van der Waals surface area contributed by atoms with Gasteiger partial charge in [-0.2, -0.15) is 0 Å². The number of hydrogen-bond acceptors (Lipinski definition) is 2. The average Bonchev–Trinajstić information content (AvgIpc) is 2.57. The molecule has 4 unspecified atom stereocenters. The van der Waals surface area contributed by atoms with E-state index in [2.05, 4.69) is 20.8 Å². The van der Waals surface area contributed by atoms with Gasteiger partial charge in [0, 0.05) is 0 Å². The second kappa shape index (κ2) is 5.27. The molecule has 0 heterocycles. The van der Waals surface area contributed by atoms with Crippen LogP contribution in [0.15, 0.2) is 0 Å². The standard InChI is InChI=1S/C15H28O2/c1-4-11-6-5-7-12(10-11)17-13-8-9-15(2,3)14(13)16/h11-14,16H,4-10H2,1-3H3. The molecule has 0 saturated heterocycles. The van der Waals surface area contributed by atoms with Gasteiger partial charge in [-0.1, -0.05) is 40.0 Å². The van der Waals surface area contributed by atoms with Gasteiger partial charge in [0.2, 0.25) is 0 Å². The number of aliphatic hydroxyl groups excluding tert-OH is 1. The first-order valence-electron chi connectivity index (χ1n) is 7.36. The highest BCUT2D eigenvalue weighted by Crippen LogP contribution is 2.40. The maximum absolute atomic E-state index is 10.2. The van der Waals surface area contributed by atoms with Crippen LogP contribution in [-0.4, -0.2) is 23.4 Å². The van der Waals surface area contributed by atoms with Crippen LogP contribution in [0.3, 0.4) is 0 Å².